The Balaban J connectivity index is 1.80. The molecule has 1 amide bonds. The smallest absolute Gasteiger partial charge is 0.273 e. The molecule has 2 aromatic heterocycles. The summed E-state index contributed by atoms with van der Waals surface area (Å²) in [5, 5.41) is 9.62. The summed E-state index contributed by atoms with van der Waals surface area (Å²) in [5.74, 6) is -0.0293. The van der Waals surface area contributed by atoms with Crippen molar-refractivity contribution in [1.29, 1.82) is 0 Å². The first-order valence-corrected chi connectivity index (χ1v) is 8.02. The number of aromatic nitrogens is 3. The summed E-state index contributed by atoms with van der Waals surface area (Å²) in [6, 6.07) is 0.374. The molecule has 7 heteroatoms. The first-order chi connectivity index (χ1) is 11.0. The van der Waals surface area contributed by atoms with Crippen LogP contribution in [0.5, 0.6) is 0 Å². The Hall–Kier alpha value is -2.15. The van der Waals surface area contributed by atoms with Gasteiger partial charge in [-0.15, -0.1) is 0 Å². The maximum atomic E-state index is 12.2. The topological polar surface area (TPSA) is 91.8 Å². The quantitative estimate of drug-likeness (QED) is 0.756. The Morgan fingerprint density at radius 1 is 1.43 bits per heavy atom. The highest BCUT2D eigenvalue weighted by Crippen LogP contribution is 2.20. The zero-order valence-electron chi connectivity index (χ0n) is 13.8. The molecule has 124 valence electrons. The first kappa shape index (κ1) is 15.7. The van der Waals surface area contributed by atoms with Crippen molar-refractivity contribution in [3.05, 3.63) is 27.2 Å². The lowest BCUT2D eigenvalue weighted by Gasteiger charge is -2.13. The van der Waals surface area contributed by atoms with Gasteiger partial charge in [-0.05, 0) is 44.4 Å². The van der Waals surface area contributed by atoms with E-state index < -0.39 is 0 Å². The van der Waals surface area contributed by atoms with Crippen LogP contribution in [0.1, 0.15) is 29.7 Å². The minimum atomic E-state index is -0.163. The van der Waals surface area contributed by atoms with E-state index in [1.54, 1.807) is 11.7 Å². The fourth-order valence-corrected chi connectivity index (χ4v) is 3.30. The number of hydrogen-bond acceptors (Lipinski definition) is 4. The molecule has 23 heavy (non-hydrogen) atoms. The molecule has 0 radical (unpaired) electrons. The van der Waals surface area contributed by atoms with Gasteiger partial charge >= 0.3 is 0 Å². The van der Waals surface area contributed by atoms with Gasteiger partial charge in [0.05, 0.1) is 11.8 Å². The average molecular weight is 317 g/mol. The number of nitrogens with one attached hydrogen (secondary N) is 3. The van der Waals surface area contributed by atoms with Crippen LogP contribution in [0.3, 0.4) is 0 Å². The summed E-state index contributed by atoms with van der Waals surface area (Å²) < 4.78 is 1.62. The largest absolute Gasteiger partial charge is 0.354 e. The molecule has 0 saturated carbocycles. The molecule has 1 aliphatic heterocycles. The van der Waals surface area contributed by atoms with Gasteiger partial charge in [0.25, 0.3) is 5.56 Å². The van der Waals surface area contributed by atoms with Crippen LogP contribution in [-0.4, -0.2) is 39.8 Å². The van der Waals surface area contributed by atoms with Gasteiger partial charge in [-0.1, -0.05) is 0 Å². The minimum absolute atomic E-state index is 0.0293. The van der Waals surface area contributed by atoms with Crippen LogP contribution < -0.4 is 16.2 Å². The van der Waals surface area contributed by atoms with Gasteiger partial charge < -0.3 is 10.6 Å². The number of hydrogen-bond donors (Lipinski definition) is 3. The molecule has 1 aliphatic rings. The van der Waals surface area contributed by atoms with E-state index >= 15 is 0 Å². The average Bonchev–Trinajstić information content (AvgIpc) is 3.10. The molecule has 0 spiro atoms. The van der Waals surface area contributed by atoms with Crippen molar-refractivity contribution in [2.24, 2.45) is 7.05 Å². The maximum absolute atomic E-state index is 12.2. The van der Waals surface area contributed by atoms with Crippen molar-refractivity contribution >= 4 is 16.9 Å². The molecule has 0 aliphatic carbocycles. The number of carbonyl (C=O) groups excluding carboxylic acids is 1. The second-order valence-electron chi connectivity index (χ2n) is 6.27. The molecule has 1 atom stereocenters. The maximum Gasteiger partial charge on any atom is 0.273 e. The number of rotatable bonds is 4. The van der Waals surface area contributed by atoms with Gasteiger partial charge in [-0.3, -0.25) is 19.4 Å². The molecule has 3 heterocycles. The van der Waals surface area contributed by atoms with E-state index in [1.165, 1.54) is 0 Å². The summed E-state index contributed by atoms with van der Waals surface area (Å²) >= 11 is 0. The van der Waals surface area contributed by atoms with Gasteiger partial charge in [0.1, 0.15) is 0 Å². The number of aryl methyl sites for hydroxylation is 3. The van der Waals surface area contributed by atoms with Crippen LogP contribution in [0, 0.1) is 13.8 Å². The summed E-state index contributed by atoms with van der Waals surface area (Å²) in [6.07, 6.45) is 2.52. The Kier molecular flexibility index (Phi) is 4.21. The predicted molar refractivity (Wildman–Crippen MR) is 88.5 cm³/mol. The SMILES string of the molecule is Cc1nc2c(c(C)c1CC(=O)NCC1CCCN1)c(=O)[nH]n2C. The number of pyridine rings is 1. The number of carbonyl (C=O) groups is 1. The lowest BCUT2D eigenvalue weighted by molar-refractivity contribution is -0.120. The van der Waals surface area contributed by atoms with E-state index in [9.17, 15) is 9.59 Å². The predicted octanol–water partition coefficient (Wildman–Crippen LogP) is 0.289. The van der Waals surface area contributed by atoms with Crippen LogP contribution in [0.15, 0.2) is 4.79 Å². The number of amides is 1. The molecule has 2 aromatic rings. The molecule has 1 unspecified atom stereocenters. The van der Waals surface area contributed by atoms with E-state index in [-0.39, 0.29) is 17.9 Å². The lowest BCUT2D eigenvalue weighted by Crippen LogP contribution is -2.38. The van der Waals surface area contributed by atoms with Crippen molar-refractivity contribution in [2.75, 3.05) is 13.1 Å². The number of nitrogens with zero attached hydrogens (tertiary/aromatic N) is 2. The van der Waals surface area contributed by atoms with Gasteiger partial charge in [0.15, 0.2) is 5.65 Å². The second kappa shape index (κ2) is 6.16. The van der Waals surface area contributed by atoms with E-state index in [0.29, 0.717) is 23.6 Å². The number of aromatic amines is 1. The zero-order chi connectivity index (χ0) is 16.6. The molecule has 1 fully saturated rings. The van der Waals surface area contributed by atoms with Crippen LogP contribution >= 0.6 is 0 Å². The second-order valence-corrected chi connectivity index (χ2v) is 6.27. The van der Waals surface area contributed by atoms with Gasteiger partial charge in [0.2, 0.25) is 5.91 Å². The van der Waals surface area contributed by atoms with Crippen LogP contribution in [0.2, 0.25) is 0 Å². The fraction of sp³-hybridized carbons (Fsp3) is 0.562. The van der Waals surface area contributed by atoms with Crippen molar-refractivity contribution in [1.82, 2.24) is 25.4 Å². The highest BCUT2D eigenvalue weighted by molar-refractivity contribution is 5.84. The normalized spacial score (nSPS) is 17.8. The van der Waals surface area contributed by atoms with Crippen molar-refractivity contribution in [3.63, 3.8) is 0 Å². The van der Waals surface area contributed by atoms with Gasteiger partial charge in [0, 0.05) is 25.3 Å². The van der Waals surface area contributed by atoms with Gasteiger partial charge in [-0.2, -0.15) is 0 Å². The molecule has 3 rings (SSSR count). The molecule has 0 aromatic carbocycles. The standard InChI is InChI=1S/C16H23N5O2/c1-9-12(7-13(22)18-8-11-5-4-6-17-11)10(2)19-15-14(9)16(23)20-21(15)3/h11,17H,4-8H2,1-3H3,(H,18,22)(H,20,23). The van der Waals surface area contributed by atoms with Crippen molar-refractivity contribution < 1.29 is 4.79 Å². The number of fused-ring (bicyclic) bond motifs is 1. The van der Waals surface area contributed by atoms with E-state index in [2.05, 4.69) is 20.7 Å². The third-order valence-corrected chi connectivity index (χ3v) is 4.62. The fourth-order valence-electron chi connectivity index (χ4n) is 3.30. The zero-order valence-corrected chi connectivity index (χ0v) is 13.8. The molecular weight excluding hydrogens is 294 g/mol. The van der Waals surface area contributed by atoms with E-state index in [4.69, 9.17) is 0 Å². The molecular formula is C16H23N5O2. The van der Waals surface area contributed by atoms with E-state index in [0.717, 1.165) is 36.2 Å². The number of H-pyrrole nitrogens is 1. The third kappa shape index (κ3) is 3.01. The van der Waals surface area contributed by atoms with Crippen LogP contribution in [-0.2, 0) is 18.3 Å². The van der Waals surface area contributed by atoms with Gasteiger partial charge in [-0.25, -0.2) is 4.98 Å². The van der Waals surface area contributed by atoms with Crippen LogP contribution in [0.25, 0.3) is 11.0 Å². The first-order valence-electron chi connectivity index (χ1n) is 8.02. The highest BCUT2D eigenvalue weighted by atomic mass is 16.1. The summed E-state index contributed by atoms with van der Waals surface area (Å²) in [5.41, 5.74) is 2.93. The molecule has 0 bridgehead atoms. The Morgan fingerprint density at radius 3 is 2.91 bits per heavy atom. The Bertz CT molecular complexity index is 799. The minimum Gasteiger partial charge on any atom is -0.354 e. The summed E-state index contributed by atoms with van der Waals surface area (Å²) in [4.78, 5) is 28.8. The molecule has 1 saturated heterocycles. The highest BCUT2D eigenvalue weighted by Gasteiger charge is 2.19. The summed E-state index contributed by atoms with van der Waals surface area (Å²) in [6.45, 7) is 5.44. The van der Waals surface area contributed by atoms with Crippen LogP contribution in [0.4, 0.5) is 0 Å². The molecule has 3 N–H and O–H groups in total. The monoisotopic (exact) mass is 317 g/mol. The van der Waals surface area contributed by atoms with Crippen molar-refractivity contribution in [3.8, 4) is 0 Å². The molecule has 7 nitrogen and oxygen atoms in total. The van der Waals surface area contributed by atoms with E-state index in [1.807, 2.05) is 13.8 Å². The Morgan fingerprint density at radius 2 is 2.22 bits per heavy atom. The lowest BCUT2D eigenvalue weighted by atomic mass is 10.0. The summed E-state index contributed by atoms with van der Waals surface area (Å²) in [7, 11) is 1.76. The van der Waals surface area contributed by atoms with Crippen molar-refractivity contribution in [2.45, 2.75) is 39.2 Å². The third-order valence-electron chi connectivity index (χ3n) is 4.62. The Labute approximate surface area is 134 Å².